The third-order valence-corrected chi connectivity index (χ3v) is 3.71. The third kappa shape index (κ3) is 2.32. The summed E-state index contributed by atoms with van der Waals surface area (Å²) >= 11 is 0. The second-order valence-electron chi connectivity index (χ2n) is 4.95. The molecule has 1 aromatic rings. The van der Waals surface area contributed by atoms with Gasteiger partial charge in [0.05, 0.1) is 5.56 Å². The van der Waals surface area contributed by atoms with E-state index < -0.39 is 11.7 Å². The number of nitrogens with one attached hydrogen (secondary N) is 1. The lowest BCUT2D eigenvalue weighted by molar-refractivity contribution is -0.137. The largest absolute Gasteiger partial charge is 0.416 e. The Balaban J connectivity index is 2.24. The molecule has 0 amide bonds. The van der Waals surface area contributed by atoms with E-state index in [9.17, 15) is 13.2 Å². The van der Waals surface area contributed by atoms with E-state index in [2.05, 4.69) is 5.32 Å². The molecule has 2 atom stereocenters. The van der Waals surface area contributed by atoms with Crippen molar-refractivity contribution in [2.24, 2.45) is 5.92 Å². The lowest BCUT2D eigenvalue weighted by atomic mass is 9.94. The normalized spacial score (nSPS) is 28.2. The maximum absolute atomic E-state index is 12.6. The highest BCUT2D eigenvalue weighted by Crippen LogP contribution is 2.54. The van der Waals surface area contributed by atoms with E-state index >= 15 is 0 Å². The summed E-state index contributed by atoms with van der Waals surface area (Å²) in [5.41, 5.74) is 0.156. The van der Waals surface area contributed by atoms with Crippen LogP contribution in [0.15, 0.2) is 24.3 Å². The van der Waals surface area contributed by atoms with Crippen molar-refractivity contribution in [1.82, 2.24) is 5.32 Å². The predicted octanol–water partition coefficient (Wildman–Crippen LogP) is 3.20. The van der Waals surface area contributed by atoms with Crippen LogP contribution >= 0.6 is 0 Å². The average molecular weight is 243 g/mol. The van der Waals surface area contributed by atoms with E-state index in [0.29, 0.717) is 5.92 Å². The molecule has 1 aromatic carbocycles. The van der Waals surface area contributed by atoms with E-state index in [1.54, 1.807) is 6.07 Å². The summed E-state index contributed by atoms with van der Waals surface area (Å²) in [4.78, 5) is 0. The van der Waals surface area contributed by atoms with Crippen LogP contribution < -0.4 is 5.32 Å². The first-order valence-electron chi connectivity index (χ1n) is 5.70. The van der Waals surface area contributed by atoms with Crippen LogP contribution in [0.2, 0.25) is 0 Å². The fraction of sp³-hybridized carbons (Fsp3) is 0.538. The second-order valence-corrected chi connectivity index (χ2v) is 4.95. The van der Waals surface area contributed by atoms with Gasteiger partial charge in [0.2, 0.25) is 0 Å². The number of alkyl halides is 3. The highest BCUT2D eigenvalue weighted by atomic mass is 19.4. The molecule has 1 nitrogen and oxygen atoms in total. The minimum absolute atomic E-state index is 0.0930. The number of benzene rings is 1. The molecule has 0 heterocycles. The lowest BCUT2D eigenvalue weighted by Crippen LogP contribution is -2.16. The first-order valence-corrected chi connectivity index (χ1v) is 5.70. The third-order valence-electron chi connectivity index (χ3n) is 3.71. The van der Waals surface area contributed by atoms with Gasteiger partial charge < -0.3 is 5.32 Å². The molecule has 1 saturated carbocycles. The molecule has 4 heteroatoms. The molecule has 17 heavy (non-hydrogen) atoms. The standard InChI is InChI=1S/C13H16F3N/c1-12(7-11(12)8-17-2)9-4-3-5-10(6-9)13(14,15)16/h3-6,11,17H,7-8H2,1-2H3. The van der Waals surface area contributed by atoms with Crippen LogP contribution in [0.3, 0.4) is 0 Å². The zero-order chi connectivity index (χ0) is 12.7. The number of halogens is 3. The fourth-order valence-corrected chi connectivity index (χ4v) is 2.40. The Labute approximate surface area is 99.0 Å². The lowest BCUT2D eigenvalue weighted by Gasteiger charge is -2.14. The molecule has 94 valence electrons. The molecule has 2 unspecified atom stereocenters. The molecule has 0 spiro atoms. The summed E-state index contributed by atoms with van der Waals surface area (Å²) in [7, 11) is 1.87. The van der Waals surface area contributed by atoms with Crippen molar-refractivity contribution in [3.63, 3.8) is 0 Å². The van der Waals surface area contributed by atoms with Gasteiger partial charge in [-0.1, -0.05) is 25.1 Å². The van der Waals surface area contributed by atoms with Crippen LogP contribution in [-0.4, -0.2) is 13.6 Å². The molecule has 1 fully saturated rings. The molecule has 2 rings (SSSR count). The maximum Gasteiger partial charge on any atom is 0.416 e. The van der Waals surface area contributed by atoms with Gasteiger partial charge in [0.25, 0.3) is 0 Å². The van der Waals surface area contributed by atoms with Crippen molar-refractivity contribution in [2.45, 2.75) is 24.9 Å². The van der Waals surface area contributed by atoms with E-state index in [-0.39, 0.29) is 5.41 Å². The SMILES string of the molecule is CNCC1CC1(C)c1cccc(C(F)(F)F)c1. The van der Waals surface area contributed by atoms with Crippen molar-refractivity contribution < 1.29 is 13.2 Å². The Bertz CT molecular complexity index is 413. The van der Waals surface area contributed by atoms with Crippen LogP contribution in [-0.2, 0) is 11.6 Å². The highest BCUT2D eigenvalue weighted by Gasteiger charge is 2.50. The Morgan fingerprint density at radius 2 is 2.12 bits per heavy atom. The Hall–Kier alpha value is -1.03. The van der Waals surface area contributed by atoms with Gasteiger partial charge in [-0.3, -0.25) is 0 Å². The molecular formula is C13H16F3N. The van der Waals surface area contributed by atoms with Gasteiger partial charge in [-0.15, -0.1) is 0 Å². The molecule has 1 N–H and O–H groups in total. The topological polar surface area (TPSA) is 12.0 Å². The Kier molecular flexibility index (Phi) is 2.94. The summed E-state index contributed by atoms with van der Waals surface area (Å²) in [6.07, 6.45) is -3.30. The number of hydrogen-bond donors (Lipinski definition) is 1. The Morgan fingerprint density at radius 1 is 1.41 bits per heavy atom. The zero-order valence-corrected chi connectivity index (χ0v) is 9.93. The molecule has 0 aliphatic heterocycles. The minimum Gasteiger partial charge on any atom is -0.319 e. The van der Waals surface area contributed by atoms with Crippen LogP contribution in [0.25, 0.3) is 0 Å². The summed E-state index contributed by atoms with van der Waals surface area (Å²) < 4.78 is 37.8. The van der Waals surface area contributed by atoms with Crippen LogP contribution in [0.1, 0.15) is 24.5 Å². The molecular weight excluding hydrogens is 227 g/mol. The van der Waals surface area contributed by atoms with E-state index in [1.807, 2.05) is 14.0 Å². The van der Waals surface area contributed by atoms with Crippen molar-refractivity contribution >= 4 is 0 Å². The van der Waals surface area contributed by atoms with Gasteiger partial charge in [0.15, 0.2) is 0 Å². The van der Waals surface area contributed by atoms with Gasteiger partial charge in [-0.05, 0) is 43.0 Å². The molecule has 0 bridgehead atoms. The fourth-order valence-electron chi connectivity index (χ4n) is 2.40. The van der Waals surface area contributed by atoms with E-state index in [4.69, 9.17) is 0 Å². The summed E-state index contributed by atoms with van der Waals surface area (Å²) in [6.45, 7) is 2.89. The van der Waals surface area contributed by atoms with Crippen molar-refractivity contribution in [3.05, 3.63) is 35.4 Å². The Morgan fingerprint density at radius 3 is 2.71 bits per heavy atom. The maximum atomic E-state index is 12.6. The quantitative estimate of drug-likeness (QED) is 0.859. The van der Waals surface area contributed by atoms with Crippen molar-refractivity contribution in [1.29, 1.82) is 0 Å². The first kappa shape index (κ1) is 12.4. The molecule has 1 aliphatic rings. The number of rotatable bonds is 3. The van der Waals surface area contributed by atoms with E-state index in [1.165, 1.54) is 12.1 Å². The highest BCUT2D eigenvalue weighted by molar-refractivity contribution is 5.36. The van der Waals surface area contributed by atoms with Gasteiger partial charge in [0.1, 0.15) is 0 Å². The average Bonchev–Trinajstić information content (AvgIpc) is 2.91. The summed E-state index contributed by atoms with van der Waals surface area (Å²) in [6, 6.07) is 5.71. The van der Waals surface area contributed by atoms with Crippen molar-refractivity contribution in [2.75, 3.05) is 13.6 Å². The summed E-state index contributed by atoms with van der Waals surface area (Å²) in [5, 5.41) is 3.08. The van der Waals surface area contributed by atoms with Gasteiger partial charge >= 0.3 is 6.18 Å². The second kappa shape index (κ2) is 4.02. The smallest absolute Gasteiger partial charge is 0.319 e. The van der Waals surface area contributed by atoms with Crippen LogP contribution in [0, 0.1) is 5.92 Å². The summed E-state index contributed by atoms with van der Waals surface area (Å²) in [5.74, 6) is 0.441. The zero-order valence-electron chi connectivity index (χ0n) is 9.93. The molecule has 0 aromatic heterocycles. The minimum atomic E-state index is -4.25. The monoisotopic (exact) mass is 243 g/mol. The van der Waals surface area contributed by atoms with Crippen molar-refractivity contribution in [3.8, 4) is 0 Å². The van der Waals surface area contributed by atoms with Crippen LogP contribution in [0.4, 0.5) is 13.2 Å². The first-order chi connectivity index (χ1) is 7.88. The van der Waals surface area contributed by atoms with Gasteiger partial charge in [0, 0.05) is 0 Å². The number of hydrogen-bond acceptors (Lipinski definition) is 1. The van der Waals surface area contributed by atoms with Crippen LogP contribution in [0.5, 0.6) is 0 Å². The van der Waals surface area contributed by atoms with Gasteiger partial charge in [-0.25, -0.2) is 0 Å². The molecule has 1 aliphatic carbocycles. The van der Waals surface area contributed by atoms with E-state index in [0.717, 1.165) is 24.6 Å². The molecule has 0 radical (unpaired) electrons. The molecule has 0 saturated heterocycles. The predicted molar refractivity (Wildman–Crippen MR) is 60.8 cm³/mol. The van der Waals surface area contributed by atoms with Gasteiger partial charge in [-0.2, -0.15) is 13.2 Å².